The number of carbonyl (C=O) groups excluding carboxylic acids is 2. The van der Waals surface area contributed by atoms with E-state index in [2.05, 4.69) is 42.4 Å². The van der Waals surface area contributed by atoms with E-state index in [1.165, 1.54) is 6.21 Å². The van der Waals surface area contributed by atoms with Crippen molar-refractivity contribution < 1.29 is 14.3 Å². The van der Waals surface area contributed by atoms with Gasteiger partial charge in [0.15, 0.2) is 0 Å². The zero-order chi connectivity index (χ0) is 20.8. The topological polar surface area (TPSA) is 67.8 Å². The highest BCUT2D eigenvalue weighted by atomic mass is 79.9. The molecule has 0 atom stereocenters. The first-order valence-electron chi connectivity index (χ1n) is 8.60. The molecule has 1 N–H and O–H groups in total. The number of esters is 1. The van der Waals surface area contributed by atoms with Crippen molar-refractivity contribution in [3.05, 3.63) is 97.9 Å². The van der Waals surface area contributed by atoms with Crippen molar-refractivity contribution in [2.45, 2.75) is 6.92 Å². The van der Waals surface area contributed by atoms with Gasteiger partial charge in [-0.1, -0.05) is 45.8 Å². The zero-order valence-electron chi connectivity index (χ0n) is 15.4. The van der Waals surface area contributed by atoms with E-state index in [0.29, 0.717) is 26.9 Å². The summed E-state index contributed by atoms with van der Waals surface area (Å²) in [5, 5.41) is 3.99. The van der Waals surface area contributed by atoms with Gasteiger partial charge in [-0.15, -0.1) is 0 Å². The van der Waals surface area contributed by atoms with Crippen molar-refractivity contribution in [2.24, 2.45) is 5.10 Å². The van der Waals surface area contributed by atoms with Crippen LogP contribution in [0.4, 0.5) is 0 Å². The van der Waals surface area contributed by atoms with Gasteiger partial charge in [-0.3, -0.25) is 4.79 Å². The molecule has 0 aliphatic rings. The zero-order valence-corrected chi connectivity index (χ0v) is 18.5. The Kier molecular flexibility index (Phi) is 6.95. The molecule has 0 saturated carbocycles. The third-order valence-electron chi connectivity index (χ3n) is 3.95. The minimum absolute atomic E-state index is 0.331. The fraction of sp³-hybridized carbons (Fsp3) is 0.0455. The number of nitrogens with one attached hydrogen (secondary N) is 1. The minimum Gasteiger partial charge on any atom is -0.422 e. The van der Waals surface area contributed by atoms with Crippen LogP contribution >= 0.6 is 31.9 Å². The second-order valence-corrected chi connectivity index (χ2v) is 7.89. The molecule has 0 spiro atoms. The SMILES string of the molecule is Cc1ccc(C(=O)Oc2ccc(Br)cc2/C=N\NC(=O)c2ccccc2Br)cc1. The summed E-state index contributed by atoms with van der Waals surface area (Å²) in [6.07, 6.45) is 1.43. The molecule has 0 unspecified atom stereocenters. The van der Waals surface area contributed by atoms with Crippen molar-refractivity contribution in [1.29, 1.82) is 0 Å². The summed E-state index contributed by atoms with van der Waals surface area (Å²) in [6, 6.07) is 19.3. The summed E-state index contributed by atoms with van der Waals surface area (Å²) in [6.45, 7) is 1.95. The molecular formula is C22H16Br2N2O3. The smallest absolute Gasteiger partial charge is 0.343 e. The Morgan fingerprint density at radius 1 is 1.00 bits per heavy atom. The average molecular weight is 516 g/mol. The number of carbonyl (C=O) groups is 2. The van der Waals surface area contributed by atoms with E-state index in [1.807, 2.05) is 25.1 Å². The van der Waals surface area contributed by atoms with Crippen molar-refractivity contribution in [3.63, 3.8) is 0 Å². The van der Waals surface area contributed by atoms with E-state index in [-0.39, 0.29) is 5.91 Å². The number of hydrogen-bond donors (Lipinski definition) is 1. The largest absolute Gasteiger partial charge is 0.422 e. The van der Waals surface area contributed by atoms with Crippen LogP contribution in [0.2, 0.25) is 0 Å². The quantitative estimate of drug-likeness (QED) is 0.211. The highest BCUT2D eigenvalue weighted by Crippen LogP contribution is 2.23. The molecule has 0 aromatic heterocycles. The molecule has 3 aromatic carbocycles. The summed E-state index contributed by atoms with van der Waals surface area (Å²) in [4.78, 5) is 24.7. The minimum atomic E-state index is -0.473. The predicted molar refractivity (Wildman–Crippen MR) is 119 cm³/mol. The lowest BCUT2D eigenvalue weighted by Crippen LogP contribution is -2.18. The number of ether oxygens (including phenoxy) is 1. The molecule has 29 heavy (non-hydrogen) atoms. The van der Waals surface area contributed by atoms with Crippen LogP contribution in [0.1, 0.15) is 31.8 Å². The van der Waals surface area contributed by atoms with Crippen molar-refractivity contribution in [1.82, 2.24) is 5.43 Å². The molecule has 0 radical (unpaired) electrons. The summed E-state index contributed by atoms with van der Waals surface area (Å²) >= 11 is 6.72. The number of hydrogen-bond acceptors (Lipinski definition) is 4. The van der Waals surface area contributed by atoms with Gasteiger partial charge in [0.05, 0.1) is 17.3 Å². The number of amides is 1. The fourth-order valence-electron chi connectivity index (χ4n) is 2.43. The Bertz CT molecular complexity index is 1080. The lowest BCUT2D eigenvalue weighted by Gasteiger charge is -2.08. The lowest BCUT2D eigenvalue weighted by atomic mass is 10.1. The molecule has 146 valence electrons. The third-order valence-corrected chi connectivity index (χ3v) is 5.13. The van der Waals surface area contributed by atoms with Gasteiger partial charge in [0.1, 0.15) is 5.75 Å². The van der Waals surface area contributed by atoms with Gasteiger partial charge in [-0.2, -0.15) is 5.10 Å². The molecule has 5 nitrogen and oxygen atoms in total. The van der Waals surface area contributed by atoms with E-state index >= 15 is 0 Å². The first-order chi connectivity index (χ1) is 13.9. The van der Waals surface area contributed by atoms with Crippen LogP contribution in [0.3, 0.4) is 0 Å². The van der Waals surface area contributed by atoms with Crippen LogP contribution in [0.5, 0.6) is 5.75 Å². The summed E-state index contributed by atoms with van der Waals surface area (Å²) in [5.41, 5.74) is 4.97. The number of halogens is 2. The lowest BCUT2D eigenvalue weighted by molar-refractivity contribution is 0.0734. The Balaban J connectivity index is 1.75. The van der Waals surface area contributed by atoms with Crippen LogP contribution in [0, 0.1) is 6.92 Å². The maximum Gasteiger partial charge on any atom is 0.343 e. The number of hydrazone groups is 1. The maximum atomic E-state index is 12.4. The number of nitrogens with zero attached hydrogens (tertiary/aromatic N) is 1. The first-order valence-corrected chi connectivity index (χ1v) is 10.2. The maximum absolute atomic E-state index is 12.4. The van der Waals surface area contributed by atoms with Crippen LogP contribution in [0.25, 0.3) is 0 Å². The summed E-state index contributed by atoms with van der Waals surface area (Å²) < 4.78 is 6.97. The van der Waals surface area contributed by atoms with Gasteiger partial charge in [0, 0.05) is 14.5 Å². The normalized spacial score (nSPS) is 10.7. The van der Waals surface area contributed by atoms with E-state index in [0.717, 1.165) is 10.0 Å². The summed E-state index contributed by atoms with van der Waals surface area (Å²) in [5.74, 6) is -0.501. The molecule has 0 aliphatic heterocycles. The predicted octanol–water partition coefficient (Wildman–Crippen LogP) is 5.50. The highest BCUT2D eigenvalue weighted by Gasteiger charge is 2.12. The Labute approximate surface area is 185 Å². The molecule has 0 bridgehead atoms. The van der Waals surface area contributed by atoms with Gasteiger partial charge in [0.2, 0.25) is 0 Å². The summed E-state index contributed by atoms with van der Waals surface area (Å²) in [7, 11) is 0. The van der Waals surface area contributed by atoms with Gasteiger partial charge >= 0.3 is 5.97 Å². The van der Waals surface area contributed by atoms with Gasteiger partial charge in [-0.25, -0.2) is 10.2 Å². The van der Waals surface area contributed by atoms with E-state index in [9.17, 15) is 9.59 Å². The third kappa shape index (κ3) is 5.62. The second-order valence-electron chi connectivity index (χ2n) is 6.12. The first kappa shape index (κ1) is 21.0. The van der Waals surface area contributed by atoms with E-state index < -0.39 is 5.97 Å². The fourth-order valence-corrected chi connectivity index (χ4v) is 3.27. The van der Waals surface area contributed by atoms with Gasteiger partial charge in [0.25, 0.3) is 5.91 Å². The molecular weight excluding hydrogens is 500 g/mol. The van der Waals surface area contributed by atoms with E-state index in [4.69, 9.17) is 4.74 Å². The van der Waals surface area contributed by atoms with Crippen LogP contribution in [-0.4, -0.2) is 18.1 Å². The van der Waals surface area contributed by atoms with Gasteiger partial charge in [-0.05, 0) is 65.3 Å². The molecule has 3 rings (SSSR count). The highest BCUT2D eigenvalue weighted by molar-refractivity contribution is 9.10. The van der Waals surface area contributed by atoms with Crippen molar-refractivity contribution in [3.8, 4) is 5.75 Å². The van der Waals surface area contributed by atoms with Crippen LogP contribution in [-0.2, 0) is 0 Å². The van der Waals surface area contributed by atoms with E-state index in [1.54, 1.807) is 48.5 Å². The molecule has 0 fully saturated rings. The molecule has 7 heteroatoms. The molecule has 0 aliphatic carbocycles. The second kappa shape index (κ2) is 9.62. The van der Waals surface area contributed by atoms with Gasteiger partial charge < -0.3 is 4.74 Å². The molecule has 0 saturated heterocycles. The Morgan fingerprint density at radius 2 is 1.72 bits per heavy atom. The Hall–Kier alpha value is -2.77. The number of aryl methyl sites for hydroxylation is 1. The van der Waals surface area contributed by atoms with Crippen LogP contribution in [0.15, 0.2) is 80.8 Å². The Morgan fingerprint density at radius 3 is 2.45 bits per heavy atom. The molecule has 0 heterocycles. The van der Waals surface area contributed by atoms with Crippen molar-refractivity contribution >= 4 is 50.0 Å². The van der Waals surface area contributed by atoms with Crippen molar-refractivity contribution in [2.75, 3.05) is 0 Å². The standard InChI is InChI=1S/C22H16Br2N2O3/c1-14-6-8-15(9-7-14)22(28)29-20-11-10-17(23)12-16(20)13-25-26-21(27)18-4-2-3-5-19(18)24/h2-13H,1H3,(H,26,27)/b25-13-. The monoisotopic (exact) mass is 514 g/mol. The molecule has 3 aromatic rings. The molecule has 1 amide bonds. The average Bonchev–Trinajstić information content (AvgIpc) is 2.70. The number of rotatable bonds is 5. The van der Waals surface area contributed by atoms with Crippen LogP contribution < -0.4 is 10.2 Å². The number of benzene rings is 3.